The van der Waals surface area contributed by atoms with Crippen molar-refractivity contribution in [2.24, 2.45) is 0 Å². The van der Waals surface area contributed by atoms with Crippen molar-refractivity contribution < 1.29 is 19.1 Å². The van der Waals surface area contributed by atoms with E-state index in [1.165, 1.54) is 7.11 Å². The number of methoxy groups -OCH3 is 2. The molecule has 8 nitrogen and oxygen atoms in total. The molecular weight excluding hydrogens is 432 g/mol. The maximum absolute atomic E-state index is 12.9. The van der Waals surface area contributed by atoms with E-state index < -0.39 is 5.97 Å². The molecule has 0 radical (unpaired) electrons. The molecule has 1 aromatic heterocycles. The van der Waals surface area contributed by atoms with E-state index in [9.17, 15) is 9.59 Å². The van der Waals surface area contributed by atoms with Crippen LogP contribution in [0.4, 0.5) is 11.4 Å². The number of nitrogens with one attached hydrogen (secondary N) is 2. The SMILES string of the molecule is COC(=O)c1[nH]c2ccc(C)cc2c1NC(=O)CCN1CCN(c2cccc(OC)c2)C(C)C1. The number of esters is 1. The van der Waals surface area contributed by atoms with E-state index in [0.717, 1.165) is 47.5 Å². The van der Waals surface area contributed by atoms with Gasteiger partial charge in [0.05, 0.1) is 19.9 Å². The summed E-state index contributed by atoms with van der Waals surface area (Å²) in [4.78, 5) is 32.9. The standard InChI is InChI=1S/C26H32N4O4/c1-17-8-9-22-21(14-17)24(25(27-22)26(32)34-4)28-23(31)10-11-29-12-13-30(18(2)16-29)19-6-5-7-20(15-19)33-3/h5-9,14-15,18,27H,10-13,16H2,1-4H3,(H,28,31). The van der Waals surface area contributed by atoms with Gasteiger partial charge in [0.25, 0.3) is 0 Å². The Bertz CT molecular complexity index is 1190. The minimum atomic E-state index is -0.508. The van der Waals surface area contributed by atoms with Crippen LogP contribution in [0.3, 0.4) is 0 Å². The summed E-state index contributed by atoms with van der Waals surface area (Å²) in [6.07, 6.45) is 0.338. The van der Waals surface area contributed by atoms with Gasteiger partial charge in [0.2, 0.25) is 5.91 Å². The molecule has 2 aromatic carbocycles. The molecule has 2 heterocycles. The first-order chi connectivity index (χ1) is 16.4. The van der Waals surface area contributed by atoms with Crippen LogP contribution in [0.15, 0.2) is 42.5 Å². The zero-order chi connectivity index (χ0) is 24.2. The monoisotopic (exact) mass is 464 g/mol. The Morgan fingerprint density at radius 3 is 2.71 bits per heavy atom. The third kappa shape index (κ3) is 5.02. The summed E-state index contributed by atoms with van der Waals surface area (Å²) in [5, 5.41) is 3.75. The van der Waals surface area contributed by atoms with Gasteiger partial charge in [-0.2, -0.15) is 0 Å². The van der Waals surface area contributed by atoms with Crippen molar-refractivity contribution in [1.29, 1.82) is 0 Å². The van der Waals surface area contributed by atoms with Crippen molar-refractivity contribution in [1.82, 2.24) is 9.88 Å². The maximum Gasteiger partial charge on any atom is 0.356 e. The number of aromatic nitrogens is 1. The summed E-state index contributed by atoms with van der Waals surface area (Å²) in [5.41, 5.74) is 3.71. The molecule has 1 saturated heterocycles. The first kappa shape index (κ1) is 23.6. The van der Waals surface area contributed by atoms with Crippen LogP contribution in [0, 0.1) is 6.92 Å². The molecule has 1 amide bonds. The molecule has 180 valence electrons. The largest absolute Gasteiger partial charge is 0.497 e. The number of carbonyl (C=O) groups is 2. The zero-order valence-electron chi connectivity index (χ0n) is 20.2. The molecule has 0 aliphatic carbocycles. The van der Waals surface area contributed by atoms with E-state index in [2.05, 4.69) is 39.2 Å². The van der Waals surface area contributed by atoms with Crippen LogP contribution in [0.2, 0.25) is 0 Å². The number of benzene rings is 2. The Balaban J connectivity index is 1.38. The Morgan fingerprint density at radius 2 is 1.97 bits per heavy atom. The van der Waals surface area contributed by atoms with Gasteiger partial charge < -0.3 is 24.7 Å². The van der Waals surface area contributed by atoms with Crippen molar-refractivity contribution in [3.63, 3.8) is 0 Å². The fraction of sp³-hybridized carbons (Fsp3) is 0.385. The molecule has 4 rings (SSSR count). The third-order valence-corrected chi connectivity index (χ3v) is 6.36. The lowest BCUT2D eigenvalue weighted by Crippen LogP contribution is -2.52. The summed E-state index contributed by atoms with van der Waals surface area (Å²) in [6.45, 7) is 7.44. The predicted molar refractivity (Wildman–Crippen MR) is 134 cm³/mol. The van der Waals surface area contributed by atoms with Crippen molar-refractivity contribution >= 4 is 34.2 Å². The molecular formula is C26H32N4O4. The molecule has 3 aromatic rings. The summed E-state index contributed by atoms with van der Waals surface area (Å²) in [5.74, 6) is 0.213. The van der Waals surface area contributed by atoms with Crippen LogP contribution in [-0.4, -0.2) is 68.2 Å². The molecule has 0 spiro atoms. The van der Waals surface area contributed by atoms with Gasteiger partial charge in [-0.25, -0.2) is 4.79 Å². The second-order valence-corrected chi connectivity index (χ2v) is 8.76. The van der Waals surface area contributed by atoms with Gasteiger partial charge in [0.15, 0.2) is 0 Å². The van der Waals surface area contributed by atoms with Crippen LogP contribution >= 0.6 is 0 Å². The fourth-order valence-corrected chi connectivity index (χ4v) is 4.56. The topological polar surface area (TPSA) is 86.9 Å². The average molecular weight is 465 g/mol. The molecule has 8 heteroatoms. The van der Waals surface area contributed by atoms with Crippen LogP contribution in [0.5, 0.6) is 5.75 Å². The van der Waals surface area contributed by atoms with Crippen molar-refractivity contribution in [3.8, 4) is 5.75 Å². The van der Waals surface area contributed by atoms with Crippen LogP contribution in [0.25, 0.3) is 10.9 Å². The number of aryl methyl sites for hydroxylation is 1. The number of H-pyrrole nitrogens is 1. The van der Waals surface area contributed by atoms with Gasteiger partial charge in [-0.1, -0.05) is 17.7 Å². The van der Waals surface area contributed by atoms with Gasteiger partial charge in [-0.3, -0.25) is 9.69 Å². The van der Waals surface area contributed by atoms with Crippen molar-refractivity contribution in [3.05, 3.63) is 53.7 Å². The lowest BCUT2D eigenvalue weighted by molar-refractivity contribution is -0.116. The molecule has 1 unspecified atom stereocenters. The Morgan fingerprint density at radius 1 is 1.15 bits per heavy atom. The second-order valence-electron chi connectivity index (χ2n) is 8.76. The first-order valence-electron chi connectivity index (χ1n) is 11.5. The normalized spacial score (nSPS) is 16.5. The predicted octanol–water partition coefficient (Wildman–Crippen LogP) is 3.81. The van der Waals surface area contributed by atoms with Crippen molar-refractivity contribution in [2.45, 2.75) is 26.3 Å². The molecule has 0 bridgehead atoms. The van der Waals surface area contributed by atoms with Gasteiger partial charge >= 0.3 is 5.97 Å². The highest BCUT2D eigenvalue weighted by Gasteiger charge is 2.25. The minimum Gasteiger partial charge on any atom is -0.497 e. The maximum atomic E-state index is 12.9. The summed E-state index contributed by atoms with van der Waals surface area (Å²) in [6, 6.07) is 14.2. The molecule has 1 aliphatic rings. The zero-order valence-corrected chi connectivity index (χ0v) is 20.2. The average Bonchev–Trinajstić information content (AvgIpc) is 3.19. The lowest BCUT2D eigenvalue weighted by Gasteiger charge is -2.41. The number of piperazine rings is 1. The molecule has 34 heavy (non-hydrogen) atoms. The molecule has 1 aliphatic heterocycles. The van der Waals surface area contributed by atoms with E-state index in [0.29, 0.717) is 24.7 Å². The Hall–Kier alpha value is -3.52. The van der Waals surface area contributed by atoms with Crippen LogP contribution in [0.1, 0.15) is 29.4 Å². The van der Waals surface area contributed by atoms with Gasteiger partial charge in [-0.05, 0) is 38.1 Å². The number of carbonyl (C=O) groups excluding carboxylic acids is 2. The molecule has 1 fully saturated rings. The third-order valence-electron chi connectivity index (χ3n) is 6.36. The summed E-state index contributed by atoms with van der Waals surface area (Å²) in [7, 11) is 3.01. The highest BCUT2D eigenvalue weighted by molar-refractivity contribution is 6.11. The Kier molecular flexibility index (Phi) is 7.07. The second kappa shape index (κ2) is 10.2. The van der Waals surface area contributed by atoms with Gasteiger partial charge in [-0.15, -0.1) is 0 Å². The Labute approximate surface area is 199 Å². The molecule has 2 N–H and O–H groups in total. The molecule has 0 saturated carbocycles. The number of nitrogens with zero attached hydrogens (tertiary/aromatic N) is 2. The van der Waals surface area contributed by atoms with Crippen molar-refractivity contribution in [2.75, 3.05) is 50.6 Å². The van der Waals surface area contributed by atoms with E-state index in [4.69, 9.17) is 9.47 Å². The number of anilines is 2. The first-order valence-corrected chi connectivity index (χ1v) is 11.5. The fourth-order valence-electron chi connectivity index (χ4n) is 4.56. The van der Waals surface area contributed by atoms with E-state index in [-0.39, 0.29) is 11.6 Å². The van der Waals surface area contributed by atoms with Crippen LogP contribution < -0.4 is 15.0 Å². The lowest BCUT2D eigenvalue weighted by atomic mass is 10.1. The minimum absolute atomic E-state index is 0.129. The highest BCUT2D eigenvalue weighted by Crippen LogP contribution is 2.30. The number of hydrogen-bond donors (Lipinski definition) is 2. The summed E-state index contributed by atoms with van der Waals surface area (Å²) < 4.78 is 10.3. The number of rotatable bonds is 7. The van der Waals surface area contributed by atoms with E-state index >= 15 is 0 Å². The van der Waals surface area contributed by atoms with E-state index in [1.54, 1.807) is 7.11 Å². The quantitative estimate of drug-likeness (QED) is 0.517. The van der Waals surface area contributed by atoms with E-state index in [1.807, 2.05) is 37.3 Å². The molecule has 1 atom stereocenters. The van der Waals surface area contributed by atoms with Crippen LogP contribution in [-0.2, 0) is 9.53 Å². The summed E-state index contributed by atoms with van der Waals surface area (Å²) >= 11 is 0. The number of aromatic amines is 1. The van der Waals surface area contributed by atoms with Gasteiger partial charge in [0, 0.05) is 61.3 Å². The number of fused-ring (bicyclic) bond motifs is 1. The number of ether oxygens (including phenoxy) is 2. The number of hydrogen-bond acceptors (Lipinski definition) is 6. The van der Waals surface area contributed by atoms with Gasteiger partial charge in [0.1, 0.15) is 11.4 Å². The number of amides is 1. The smallest absolute Gasteiger partial charge is 0.356 e. The highest BCUT2D eigenvalue weighted by atomic mass is 16.5.